The van der Waals surface area contributed by atoms with Gasteiger partial charge in [-0.25, -0.2) is 0 Å². The van der Waals surface area contributed by atoms with Gasteiger partial charge in [0.05, 0.1) is 6.04 Å². The molecule has 0 saturated carbocycles. The fraction of sp³-hybridized carbons (Fsp3) is 1.00. The number of aliphatic hydroxyl groups is 2. The quantitative estimate of drug-likeness (QED) is 0.339. The smallest absolute Gasteiger partial charge is 0.210 e. The summed E-state index contributed by atoms with van der Waals surface area (Å²) in [6.07, 6.45) is 0. The van der Waals surface area contributed by atoms with Crippen LogP contribution in [-0.4, -0.2) is 48.8 Å². The van der Waals surface area contributed by atoms with E-state index in [1.807, 2.05) is 0 Å². The van der Waals surface area contributed by atoms with Crippen LogP contribution in [0.15, 0.2) is 0 Å². The van der Waals surface area contributed by atoms with Gasteiger partial charge in [0.2, 0.25) is 5.79 Å². The highest BCUT2D eigenvalue weighted by atomic mass is 16.5. The highest BCUT2D eigenvalue weighted by molar-refractivity contribution is 4.97. The van der Waals surface area contributed by atoms with E-state index in [2.05, 4.69) is 16.0 Å². The Morgan fingerprint density at radius 2 is 1.46 bits per heavy atom. The highest BCUT2D eigenvalue weighted by Gasteiger charge is 2.47. The largest absolute Gasteiger partial charge is 0.362 e. The van der Waals surface area contributed by atoms with Gasteiger partial charge in [-0.3, -0.25) is 10.6 Å². The van der Waals surface area contributed by atoms with Gasteiger partial charge in [0.25, 0.3) is 0 Å². The number of hydrogen-bond donors (Lipinski definition) is 5. The molecule has 1 atom stereocenters. The molecule has 80 valence electrons. The molecule has 0 aromatic heterocycles. The van der Waals surface area contributed by atoms with Crippen molar-refractivity contribution < 1.29 is 10.2 Å². The van der Waals surface area contributed by atoms with Gasteiger partial charge >= 0.3 is 0 Å². The van der Waals surface area contributed by atoms with Crippen molar-refractivity contribution in [2.45, 2.75) is 31.3 Å². The SMILES string of the molecule is CNC(C)C(O)(O)C(C)(NC)NC. The van der Waals surface area contributed by atoms with Crippen molar-refractivity contribution in [3.8, 4) is 0 Å². The fourth-order valence-corrected chi connectivity index (χ4v) is 1.13. The Hall–Kier alpha value is -0.200. The maximum absolute atomic E-state index is 9.87. The van der Waals surface area contributed by atoms with E-state index < -0.39 is 17.5 Å². The zero-order chi connectivity index (χ0) is 10.7. The summed E-state index contributed by atoms with van der Waals surface area (Å²) in [6, 6.07) is -0.447. The monoisotopic (exact) mass is 191 g/mol. The van der Waals surface area contributed by atoms with E-state index >= 15 is 0 Å². The Kier molecular flexibility index (Phi) is 4.28. The molecule has 0 aliphatic rings. The minimum atomic E-state index is -1.87. The second-order valence-electron chi connectivity index (χ2n) is 3.36. The molecule has 5 nitrogen and oxygen atoms in total. The molecule has 5 heteroatoms. The fourth-order valence-electron chi connectivity index (χ4n) is 1.13. The first-order valence-electron chi connectivity index (χ1n) is 4.35. The maximum atomic E-state index is 9.87. The van der Waals surface area contributed by atoms with Crippen LogP contribution < -0.4 is 16.0 Å². The van der Waals surface area contributed by atoms with Crippen molar-refractivity contribution in [1.82, 2.24) is 16.0 Å². The molecule has 0 radical (unpaired) electrons. The van der Waals surface area contributed by atoms with Crippen LogP contribution in [0.3, 0.4) is 0 Å². The minimum absolute atomic E-state index is 0.447. The first kappa shape index (κ1) is 12.8. The van der Waals surface area contributed by atoms with Crippen LogP contribution in [0.2, 0.25) is 0 Å². The van der Waals surface area contributed by atoms with Crippen LogP contribution >= 0.6 is 0 Å². The molecule has 0 heterocycles. The Bertz CT molecular complexity index is 157. The molecule has 0 bridgehead atoms. The third kappa shape index (κ3) is 2.18. The Morgan fingerprint density at radius 1 is 1.08 bits per heavy atom. The van der Waals surface area contributed by atoms with Gasteiger partial charge in [0.15, 0.2) is 0 Å². The molecule has 0 rings (SSSR count). The number of likely N-dealkylation sites (N-methyl/N-ethyl adjacent to an activating group) is 3. The summed E-state index contributed by atoms with van der Waals surface area (Å²) in [7, 11) is 5.01. The Morgan fingerprint density at radius 3 is 1.69 bits per heavy atom. The first-order valence-corrected chi connectivity index (χ1v) is 4.35. The van der Waals surface area contributed by atoms with Crippen LogP contribution in [0, 0.1) is 0 Å². The molecular weight excluding hydrogens is 170 g/mol. The predicted molar refractivity (Wildman–Crippen MR) is 52.2 cm³/mol. The van der Waals surface area contributed by atoms with Crippen LogP contribution in [0.25, 0.3) is 0 Å². The molecule has 0 aliphatic heterocycles. The lowest BCUT2D eigenvalue weighted by Crippen LogP contribution is -2.73. The summed E-state index contributed by atoms with van der Waals surface area (Å²) in [5, 5.41) is 28.2. The number of nitrogens with one attached hydrogen (secondary N) is 3. The molecule has 0 fully saturated rings. The highest BCUT2D eigenvalue weighted by Crippen LogP contribution is 2.19. The topological polar surface area (TPSA) is 76.5 Å². The van der Waals surface area contributed by atoms with E-state index in [0.29, 0.717) is 0 Å². The van der Waals surface area contributed by atoms with E-state index in [1.54, 1.807) is 35.0 Å². The summed E-state index contributed by atoms with van der Waals surface area (Å²) in [6.45, 7) is 3.38. The van der Waals surface area contributed by atoms with Crippen molar-refractivity contribution in [2.75, 3.05) is 21.1 Å². The van der Waals surface area contributed by atoms with Gasteiger partial charge in [-0.2, -0.15) is 0 Å². The van der Waals surface area contributed by atoms with Crippen molar-refractivity contribution in [1.29, 1.82) is 0 Å². The number of hydrogen-bond acceptors (Lipinski definition) is 5. The van der Waals surface area contributed by atoms with Gasteiger partial charge in [0.1, 0.15) is 5.66 Å². The molecule has 0 aromatic carbocycles. The average Bonchev–Trinajstić information content (AvgIpc) is 2.14. The Labute approximate surface area is 79.5 Å². The maximum Gasteiger partial charge on any atom is 0.210 e. The second-order valence-corrected chi connectivity index (χ2v) is 3.36. The average molecular weight is 191 g/mol. The Balaban J connectivity index is 4.76. The lowest BCUT2D eigenvalue weighted by molar-refractivity contribution is -0.235. The van der Waals surface area contributed by atoms with E-state index in [1.165, 1.54) is 0 Å². The molecule has 0 amide bonds. The molecule has 13 heavy (non-hydrogen) atoms. The second kappa shape index (κ2) is 4.34. The van der Waals surface area contributed by atoms with Crippen LogP contribution in [0.4, 0.5) is 0 Å². The predicted octanol–water partition coefficient (Wildman–Crippen LogP) is -1.57. The standard InChI is InChI=1S/C8H21N3O2/c1-6(9-3)8(12,13)7(2,10-4)11-5/h6,9-13H,1-5H3. The first-order chi connectivity index (χ1) is 5.85. The zero-order valence-corrected chi connectivity index (χ0v) is 8.97. The van der Waals surface area contributed by atoms with Crippen molar-refractivity contribution in [3.05, 3.63) is 0 Å². The molecule has 0 aromatic rings. The molecule has 0 spiro atoms. The third-order valence-electron chi connectivity index (χ3n) is 2.77. The number of rotatable bonds is 5. The van der Waals surface area contributed by atoms with Gasteiger partial charge < -0.3 is 15.5 Å². The summed E-state index contributed by atoms with van der Waals surface area (Å²) in [4.78, 5) is 0. The van der Waals surface area contributed by atoms with Crippen molar-refractivity contribution in [3.63, 3.8) is 0 Å². The third-order valence-corrected chi connectivity index (χ3v) is 2.77. The minimum Gasteiger partial charge on any atom is -0.362 e. The summed E-state index contributed by atoms with van der Waals surface area (Å²) < 4.78 is 0. The molecule has 5 N–H and O–H groups in total. The summed E-state index contributed by atoms with van der Waals surface area (Å²) in [5.41, 5.74) is -0.949. The molecule has 1 unspecified atom stereocenters. The lowest BCUT2D eigenvalue weighted by atomic mass is 9.94. The molecule has 0 aliphatic carbocycles. The van der Waals surface area contributed by atoms with Gasteiger partial charge in [-0.1, -0.05) is 0 Å². The lowest BCUT2D eigenvalue weighted by Gasteiger charge is -2.44. The molecule has 0 saturated heterocycles. The zero-order valence-electron chi connectivity index (χ0n) is 8.97. The van der Waals surface area contributed by atoms with E-state index in [9.17, 15) is 10.2 Å². The van der Waals surface area contributed by atoms with Crippen molar-refractivity contribution in [2.24, 2.45) is 0 Å². The van der Waals surface area contributed by atoms with E-state index in [-0.39, 0.29) is 0 Å². The van der Waals surface area contributed by atoms with E-state index in [4.69, 9.17) is 0 Å². The normalized spacial score (nSPS) is 15.9. The van der Waals surface area contributed by atoms with Gasteiger partial charge in [-0.05, 0) is 35.0 Å². The van der Waals surface area contributed by atoms with Crippen LogP contribution in [-0.2, 0) is 0 Å². The van der Waals surface area contributed by atoms with Gasteiger partial charge in [0, 0.05) is 0 Å². The van der Waals surface area contributed by atoms with Crippen LogP contribution in [0.1, 0.15) is 13.8 Å². The van der Waals surface area contributed by atoms with E-state index in [0.717, 1.165) is 0 Å². The van der Waals surface area contributed by atoms with Crippen LogP contribution in [0.5, 0.6) is 0 Å². The van der Waals surface area contributed by atoms with Gasteiger partial charge in [-0.15, -0.1) is 0 Å². The summed E-state index contributed by atoms with van der Waals surface area (Å²) >= 11 is 0. The van der Waals surface area contributed by atoms with Crippen molar-refractivity contribution >= 4 is 0 Å². The summed E-state index contributed by atoms with van der Waals surface area (Å²) in [5.74, 6) is -1.87. The molecular formula is C8H21N3O2.